The Bertz CT molecular complexity index is 661. The smallest absolute Gasteiger partial charge is 0.335 e. The molecule has 0 saturated heterocycles. The van der Waals surface area contributed by atoms with Crippen molar-refractivity contribution < 1.29 is 19.0 Å². The molecule has 2 aromatic rings. The van der Waals surface area contributed by atoms with Gasteiger partial charge in [0, 0.05) is 11.8 Å². The van der Waals surface area contributed by atoms with Gasteiger partial charge in [0.1, 0.15) is 11.6 Å². The summed E-state index contributed by atoms with van der Waals surface area (Å²) < 4.78 is 18.4. The summed E-state index contributed by atoms with van der Waals surface area (Å²) in [7, 11) is 0. The minimum atomic E-state index is -1.07. The normalized spacial score (nSPS) is 10.3. The van der Waals surface area contributed by atoms with E-state index < -0.39 is 11.8 Å². The maximum atomic E-state index is 12.9. The summed E-state index contributed by atoms with van der Waals surface area (Å²) in [5, 5.41) is 9.12. The van der Waals surface area contributed by atoms with E-state index in [0.717, 1.165) is 6.07 Å². The molecule has 4 nitrogen and oxygen atoms in total. The van der Waals surface area contributed by atoms with Crippen LogP contribution in [0.2, 0.25) is 5.02 Å². The molecular weight excluding hydrogens is 285 g/mol. The van der Waals surface area contributed by atoms with Crippen molar-refractivity contribution in [1.82, 2.24) is 4.98 Å². The zero-order valence-corrected chi connectivity index (χ0v) is 11.3. The lowest BCUT2D eigenvalue weighted by Crippen LogP contribution is -2.01. The number of rotatable bonds is 4. The fourth-order valence-electron chi connectivity index (χ4n) is 1.59. The minimum absolute atomic E-state index is 0.0742. The number of ether oxygens (including phenoxy) is 1. The molecule has 0 aliphatic carbocycles. The largest absolute Gasteiger partial charge is 0.478 e. The van der Waals surface area contributed by atoms with E-state index in [2.05, 4.69) is 4.98 Å². The quantitative estimate of drug-likeness (QED) is 0.928. The first kappa shape index (κ1) is 14.3. The maximum Gasteiger partial charge on any atom is 0.335 e. The summed E-state index contributed by atoms with van der Waals surface area (Å²) in [5.41, 5.74) is 0.656. The van der Waals surface area contributed by atoms with Crippen molar-refractivity contribution in [3.05, 3.63) is 52.4 Å². The number of carbonyl (C=O) groups is 1. The minimum Gasteiger partial charge on any atom is -0.478 e. The Morgan fingerprint density at radius 3 is 2.75 bits per heavy atom. The van der Waals surface area contributed by atoms with E-state index >= 15 is 0 Å². The molecule has 2 rings (SSSR count). The molecule has 0 amide bonds. The van der Waals surface area contributed by atoms with Gasteiger partial charge >= 0.3 is 5.97 Å². The number of benzene rings is 1. The topological polar surface area (TPSA) is 59.4 Å². The Hall–Kier alpha value is -2.14. The zero-order chi connectivity index (χ0) is 14.7. The van der Waals surface area contributed by atoms with Gasteiger partial charge in [0.15, 0.2) is 0 Å². The Kier molecular flexibility index (Phi) is 4.20. The van der Waals surface area contributed by atoms with Crippen molar-refractivity contribution in [1.29, 1.82) is 0 Å². The fourth-order valence-corrected chi connectivity index (χ4v) is 1.79. The van der Waals surface area contributed by atoms with Crippen LogP contribution in [0.5, 0.6) is 11.6 Å². The Morgan fingerprint density at radius 1 is 1.40 bits per heavy atom. The molecule has 6 heteroatoms. The maximum absolute atomic E-state index is 12.9. The van der Waals surface area contributed by atoms with Crippen molar-refractivity contribution in [3.63, 3.8) is 0 Å². The molecule has 0 bridgehead atoms. The Balaban J connectivity index is 2.37. The van der Waals surface area contributed by atoms with E-state index in [1.165, 1.54) is 24.3 Å². The Labute approximate surface area is 119 Å². The van der Waals surface area contributed by atoms with Crippen LogP contribution < -0.4 is 4.74 Å². The molecule has 1 aromatic carbocycles. The molecule has 0 radical (unpaired) electrons. The van der Waals surface area contributed by atoms with Gasteiger partial charge in [-0.2, -0.15) is 0 Å². The van der Waals surface area contributed by atoms with Crippen molar-refractivity contribution in [2.45, 2.75) is 13.3 Å². The molecule has 0 saturated carbocycles. The van der Waals surface area contributed by atoms with E-state index in [-0.39, 0.29) is 22.2 Å². The third-order valence-electron chi connectivity index (χ3n) is 2.57. The second-order valence-corrected chi connectivity index (χ2v) is 4.43. The average molecular weight is 296 g/mol. The molecule has 0 fully saturated rings. The third-order valence-corrected chi connectivity index (χ3v) is 2.87. The second kappa shape index (κ2) is 5.88. The van der Waals surface area contributed by atoms with Crippen LogP contribution in [0.3, 0.4) is 0 Å². The standard InChI is InChI=1S/C14H11ClFNO3/c1-2-10-5-8(14(18)19)6-13(17-10)20-12-4-3-9(16)7-11(12)15/h3-7H,2H2,1H3,(H,18,19). The summed E-state index contributed by atoms with van der Waals surface area (Å²) in [5.74, 6) is -1.23. The molecule has 1 heterocycles. The highest BCUT2D eigenvalue weighted by molar-refractivity contribution is 6.32. The summed E-state index contributed by atoms with van der Waals surface area (Å²) in [6, 6.07) is 6.43. The number of aryl methyl sites for hydroxylation is 1. The van der Waals surface area contributed by atoms with Crippen molar-refractivity contribution in [3.8, 4) is 11.6 Å². The molecule has 0 aliphatic heterocycles. The van der Waals surface area contributed by atoms with Gasteiger partial charge in [-0.15, -0.1) is 0 Å². The van der Waals surface area contributed by atoms with E-state index in [0.29, 0.717) is 12.1 Å². The summed E-state index contributed by atoms with van der Waals surface area (Å²) in [4.78, 5) is 15.2. The van der Waals surface area contributed by atoms with E-state index in [1.807, 2.05) is 6.92 Å². The third kappa shape index (κ3) is 3.24. The van der Waals surface area contributed by atoms with Crippen LogP contribution in [0.1, 0.15) is 23.0 Å². The van der Waals surface area contributed by atoms with Gasteiger partial charge in [0.05, 0.1) is 10.6 Å². The summed E-state index contributed by atoms with van der Waals surface area (Å²) in [6.07, 6.45) is 0.564. The number of hydrogen-bond donors (Lipinski definition) is 1. The highest BCUT2D eigenvalue weighted by Gasteiger charge is 2.11. The Morgan fingerprint density at radius 2 is 2.15 bits per heavy atom. The monoisotopic (exact) mass is 295 g/mol. The first-order valence-corrected chi connectivity index (χ1v) is 6.24. The van der Waals surface area contributed by atoms with E-state index in [1.54, 1.807) is 0 Å². The highest BCUT2D eigenvalue weighted by Crippen LogP contribution is 2.29. The zero-order valence-electron chi connectivity index (χ0n) is 10.6. The second-order valence-electron chi connectivity index (χ2n) is 4.02. The molecule has 104 valence electrons. The van der Waals surface area contributed by atoms with Gasteiger partial charge in [0.2, 0.25) is 5.88 Å². The van der Waals surface area contributed by atoms with Gasteiger partial charge < -0.3 is 9.84 Å². The number of nitrogens with zero attached hydrogens (tertiary/aromatic N) is 1. The first-order valence-electron chi connectivity index (χ1n) is 5.86. The van der Waals surface area contributed by atoms with Crippen LogP contribution >= 0.6 is 11.6 Å². The molecule has 0 atom stereocenters. The number of aromatic carboxylic acids is 1. The van der Waals surface area contributed by atoms with Crippen molar-refractivity contribution >= 4 is 17.6 Å². The predicted octanol–water partition coefficient (Wildman–Crippen LogP) is 3.93. The molecular formula is C14H11ClFNO3. The van der Waals surface area contributed by atoms with Crippen LogP contribution in [0.25, 0.3) is 0 Å². The summed E-state index contributed by atoms with van der Waals surface area (Å²) >= 11 is 5.85. The molecule has 0 unspecified atom stereocenters. The number of pyridine rings is 1. The van der Waals surface area contributed by atoms with Crippen LogP contribution in [0.4, 0.5) is 4.39 Å². The fraction of sp³-hybridized carbons (Fsp3) is 0.143. The van der Waals surface area contributed by atoms with Crippen molar-refractivity contribution in [2.24, 2.45) is 0 Å². The lowest BCUT2D eigenvalue weighted by atomic mass is 10.2. The number of halogens is 2. The number of hydrogen-bond acceptors (Lipinski definition) is 3. The van der Waals surface area contributed by atoms with Crippen LogP contribution in [0.15, 0.2) is 30.3 Å². The molecule has 0 aliphatic rings. The van der Waals surface area contributed by atoms with Gasteiger partial charge in [-0.25, -0.2) is 14.2 Å². The lowest BCUT2D eigenvalue weighted by molar-refractivity contribution is 0.0696. The SMILES string of the molecule is CCc1cc(C(=O)O)cc(Oc2ccc(F)cc2Cl)n1. The number of aromatic nitrogens is 1. The molecule has 1 N–H and O–H groups in total. The first-order chi connectivity index (χ1) is 9.49. The van der Waals surface area contributed by atoms with Gasteiger partial charge in [-0.05, 0) is 30.7 Å². The number of carboxylic acid groups (broad SMARTS) is 1. The highest BCUT2D eigenvalue weighted by atomic mass is 35.5. The lowest BCUT2D eigenvalue weighted by Gasteiger charge is -2.09. The van der Waals surface area contributed by atoms with Crippen LogP contribution in [0, 0.1) is 5.82 Å². The molecule has 20 heavy (non-hydrogen) atoms. The van der Waals surface area contributed by atoms with Gasteiger partial charge in [-0.1, -0.05) is 18.5 Å². The van der Waals surface area contributed by atoms with E-state index in [4.69, 9.17) is 21.4 Å². The van der Waals surface area contributed by atoms with Gasteiger partial charge in [-0.3, -0.25) is 0 Å². The number of carboxylic acids is 1. The molecule has 1 aromatic heterocycles. The average Bonchev–Trinajstić information content (AvgIpc) is 2.41. The van der Waals surface area contributed by atoms with Crippen LogP contribution in [-0.2, 0) is 6.42 Å². The predicted molar refractivity (Wildman–Crippen MR) is 72.1 cm³/mol. The van der Waals surface area contributed by atoms with E-state index in [9.17, 15) is 9.18 Å². The van der Waals surface area contributed by atoms with Crippen molar-refractivity contribution in [2.75, 3.05) is 0 Å². The van der Waals surface area contributed by atoms with Gasteiger partial charge in [0.25, 0.3) is 0 Å². The molecule has 0 spiro atoms. The van der Waals surface area contributed by atoms with Crippen LogP contribution in [-0.4, -0.2) is 16.1 Å². The summed E-state index contributed by atoms with van der Waals surface area (Å²) in [6.45, 7) is 1.85.